The van der Waals surface area contributed by atoms with E-state index in [9.17, 15) is 21.2 Å². The highest BCUT2D eigenvalue weighted by molar-refractivity contribution is 7.92. The second-order valence-corrected chi connectivity index (χ2v) is 11.0. The van der Waals surface area contributed by atoms with Crippen LogP contribution in [0.15, 0.2) is 70.7 Å². The molecular formula is C21H19FN2O6S2. The molecule has 168 valence electrons. The number of aryl methyl sites for hydroxylation is 1. The predicted octanol–water partition coefficient (Wildman–Crippen LogP) is 2.75. The van der Waals surface area contributed by atoms with Gasteiger partial charge in [-0.2, -0.15) is 0 Å². The van der Waals surface area contributed by atoms with Crippen molar-refractivity contribution in [3.63, 3.8) is 0 Å². The van der Waals surface area contributed by atoms with Crippen LogP contribution in [0, 0.1) is 12.7 Å². The van der Waals surface area contributed by atoms with Gasteiger partial charge in [0.25, 0.3) is 0 Å². The molecule has 1 N–H and O–H groups in total. The molecule has 1 aromatic heterocycles. The van der Waals surface area contributed by atoms with E-state index in [0.717, 1.165) is 12.1 Å². The number of benzene rings is 2. The molecule has 3 aromatic rings. The molecule has 2 aromatic carbocycles. The largest absolute Gasteiger partial charge is 0.454 e. The Balaban J connectivity index is 1.67. The third-order valence-corrected chi connectivity index (χ3v) is 8.52. The molecule has 0 amide bonds. The van der Waals surface area contributed by atoms with Gasteiger partial charge in [-0.15, -0.1) is 0 Å². The maximum atomic E-state index is 13.7. The summed E-state index contributed by atoms with van der Waals surface area (Å²) in [6.45, 7) is 0.988. The molecule has 0 saturated heterocycles. The molecule has 2 heterocycles. The van der Waals surface area contributed by atoms with Crippen molar-refractivity contribution in [2.75, 3.05) is 13.3 Å². The molecule has 8 nitrogen and oxygen atoms in total. The van der Waals surface area contributed by atoms with Crippen molar-refractivity contribution < 1.29 is 30.7 Å². The third-order valence-electron chi connectivity index (χ3n) is 5.00. The van der Waals surface area contributed by atoms with Gasteiger partial charge in [-0.1, -0.05) is 6.07 Å². The number of aromatic nitrogens is 1. The quantitative estimate of drug-likeness (QED) is 0.520. The molecule has 0 fully saturated rings. The standard InChI is InChI=1S/C21H19FN2O6S2/c1-14-9-16(4-6-18(14)22)31(25,26)21(15-3-2-8-23-11-15)12-24-32(27,28)17-5-7-19-20(10-17)30-13-29-19/h2-11,21,24H,12-13H2,1H3. The van der Waals surface area contributed by atoms with E-state index in [-0.39, 0.29) is 27.9 Å². The van der Waals surface area contributed by atoms with Gasteiger partial charge in [0.15, 0.2) is 21.3 Å². The fourth-order valence-electron chi connectivity index (χ4n) is 3.24. The van der Waals surface area contributed by atoms with Crippen LogP contribution in [0.2, 0.25) is 0 Å². The van der Waals surface area contributed by atoms with Crippen molar-refractivity contribution in [1.82, 2.24) is 9.71 Å². The van der Waals surface area contributed by atoms with E-state index in [4.69, 9.17) is 9.47 Å². The zero-order valence-electron chi connectivity index (χ0n) is 16.9. The van der Waals surface area contributed by atoms with Crippen LogP contribution in [0.25, 0.3) is 0 Å². The van der Waals surface area contributed by atoms with E-state index < -0.39 is 37.5 Å². The van der Waals surface area contributed by atoms with Gasteiger partial charge in [0, 0.05) is 25.0 Å². The van der Waals surface area contributed by atoms with Crippen LogP contribution in [0.5, 0.6) is 11.5 Å². The minimum atomic E-state index is -4.09. The molecule has 0 spiro atoms. The van der Waals surface area contributed by atoms with Gasteiger partial charge >= 0.3 is 0 Å². The van der Waals surface area contributed by atoms with E-state index in [1.165, 1.54) is 43.6 Å². The molecule has 0 saturated carbocycles. The summed E-state index contributed by atoms with van der Waals surface area (Å²) >= 11 is 0. The summed E-state index contributed by atoms with van der Waals surface area (Å²) in [4.78, 5) is 3.74. The highest BCUT2D eigenvalue weighted by atomic mass is 32.2. The lowest BCUT2D eigenvalue weighted by molar-refractivity contribution is 0.174. The highest BCUT2D eigenvalue weighted by Gasteiger charge is 2.32. The van der Waals surface area contributed by atoms with Crippen molar-refractivity contribution in [1.29, 1.82) is 0 Å². The van der Waals surface area contributed by atoms with Crippen LogP contribution in [0.1, 0.15) is 16.4 Å². The van der Waals surface area contributed by atoms with Crippen molar-refractivity contribution >= 4 is 19.9 Å². The number of nitrogens with zero attached hydrogens (tertiary/aromatic N) is 1. The fraction of sp³-hybridized carbons (Fsp3) is 0.190. The van der Waals surface area contributed by atoms with Gasteiger partial charge < -0.3 is 9.47 Å². The number of hydrogen-bond acceptors (Lipinski definition) is 7. The average Bonchev–Trinajstić information content (AvgIpc) is 3.24. The maximum Gasteiger partial charge on any atom is 0.240 e. The van der Waals surface area contributed by atoms with E-state index >= 15 is 0 Å². The Hall–Kier alpha value is -3.02. The Morgan fingerprint density at radius 2 is 1.78 bits per heavy atom. The van der Waals surface area contributed by atoms with Gasteiger partial charge in [0.1, 0.15) is 11.1 Å². The average molecular weight is 479 g/mol. The topological polar surface area (TPSA) is 112 Å². The number of sulfone groups is 1. The number of sulfonamides is 1. The summed E-state index contributed by atoms with van der Waals surface area (Å²) in [6, 6.07) is 10.7. The summed E-state index contributed by atoms with van der Waals surface area (Å²) in [5.74, 6) is 0.169. The van der Waals surface area contributed by atoms with Crippen molar-refractivity contribution in [2.24, 2.45) is 0 Å². The Labute approximate surface area is 185 Å². The minimum Gasteiger partial charge on any atom is -0.454 e. The molecule has 1 aliphatic heterocycles. The predicted molar refractivity (Wildman–Crippen MR) is 113 cm³/mol. The Kier molecular flexibility index (Phi) is 5.89. The first kappa shape index (κ1) is 22.2. The lowest BCUT2D eigenvalue weighted by atomic mass is 10.2. The normalized spacial score (nSPS) is 14.3. The molecule has 0 radical (unpaired) electrons. The molecule has 1 unspecified atom stereocenters. The van der Waals surface area contributed by atoms with Crippen molar-refractivity contribution in [3.05, 3.63) is 77.9 Å². The van der Waals surface area contributed by atoms with E-state index in [1.54, 1.807) is 12.1 Å². The Morgan fingerprint density at radius 3 is 2.50 bits per heavy atom. The van der Waals surface area contributed by atoms with Crippen LogP contribution < -0.4 is 14.2 Å². The lowest BCUT2D eigenvalue weighted by Crippen LogP contribution is -2.32. The number of hydrogen-bond donors (Lipinski definition) is 1. The Morgan fingerprint density at radius 1 is 1.03 bits per heavy atom. The van der Waals surface area contributed by atoms with Crippen LogP contribution in [-0.4, -0.2) is 35.2 Å². The zero-order valence-corrected chi connectivity index (χ0v) is 18.5. The molecule has 1 atom stereocenters. The summed E-state index contributed by atoms with van der Waals surface area (Å²) in [5, 5.41) is -1.29. The molecule has 0 aliphatic carbocycles. The molecule has 1 aliphatic rings. The number of fused-ring (bicyclic) bond motifs is 1. The summed E-state index contributed by atoms with van der Waals surface area (Å²) in [7, 11) is -8.16. The molecule has 0 bridgehead atoms. The van der Waals surface area contributed by atoms with Gasteiger partial charge in [-0.25, -0.2) is 25.9 Å². The first-order valence-electron chi connectivity index (χ1n) is 9.48. The number of pyridine rings is 1. The minimum absolute atomic E-state index is 0.00925. The summed E-state index contributed by atoms with van der Waals surface area (Å²) in [5.41, 5.74) is 0.458. The fourth-order valence-corrected chi connectivity index (χ4v) is 6.14. The first-order valence-corrected chi connectivity index (χ1v) is 12.5. The van der Waals surface area contributed by atoms with Gasteiger partial charge in [0.2, 0.25) is 16.8 Å². The lowest BCUT2D eigenvalue weighted by Gasteiger charge is -2.19. The zero-order chi connectivity index (χ0) is 22.9. The van der Waals surface area contributed by atoms with Crippen LogP contribution in [0.4, 0.5) is 4.39 Å². The van der Waals surface area contributed by atoms with Crippen molar-refractivity contribution in [3.8, 4) is 11.5 Å². The van der Waals surface area contributed by atoms with Crippen LogP contribution in [0.3, 0.4) is 0 Å². The molecule has 32 heavy (non-hydrogen) atoms. The van der Waals surface area contributed by atoms with E-state index in [2.05, 4.69) is 9.71 Å². The second kappa shape index (κ2) is 8.49. The van der Waals surface area contributed by atoms with Gasteiger partial charge in [-0.3, -0.25) is 4.98 Å². The maximum absolute atomic E-state index is 13.7. The summed E-state index contributed by atoms with van der Waals surface area (Å²) in [6.07, 6.45) is 2.83. The summed E-state index contributed by atoms with van der Waals surface area (Å²) < 4.78 is 78.9. The van der Waals surface area contributed by atoms with E-state index in [1.807, 2.05) is 0 Å². The van der Waals surface area contributed by atoms with Crippen LogP contribution >= 0.6 is 0 Å². The SMILES string of the molecule is Cc1cc(S(=O)(=O)C(CNS(=O)(=O)c2ccc3c(c2)OCO3)c2cccnc2)ccc1F. The highest BCUT2D eigenvalue weighted by Crippen LogP contribution is 2.34. The number of halogens is 1. The Bertz CT molecular complexity index is 1360. The number of ether oxygens (including phenoxy) is 2. The molecule has 11 heteroatoms. The molecular weight excluding hydrogens is 459 g/mol. The monoisotopic (exact) mass is 478 g/mol. The first-order chi connectivity index (χ1) is 15.2. The number of nitrogens with one attached hydrogen (secondary N) is 1. The third kappa shape index (κ3) is 4.31. The van der Waals surface area contributed by atoms with Crippen LogP contribution in [-0.2, 0) is 19.9 Å². The smallest absolute Gasteiger partial charge is 0.240 e. The second-order valence-electron chi connectivity index (χ2n) is 7.10. The van der Waals surface area contributed by atoms with E-state index in [0.29, 0.717) is 11.3 Å². The van der Waals surface area contributed by atoms with Crippen molar-refractivity contribution in [2.45, 2.75) is 22.0 Å². The van der Waals surface area contributed by atoms with Gasteiger partial charge in [0.05, 0.1) is 9.79 Å². The van der Waals surface area contributed by atoms with Gasteiger partial charge in [-0.05, 0) is 54.4 Å². The number of rotatable bonds is 7. The molecule has 4 rings (SSSR count).